The third-order valence-corrected chi connectivity index (χ3v) is 7.47. The van der Waals surface area contributed by atoms with E-state index in [-0.39, 0.29) is 22.7 Å². The van der Waals surface area contributed by atoms with Crippen molar-refractivity contribution in [3.63, 3.8) is 0 Å². The number of fused-ring (bicyclic) bond motifs is 1. The van der Waals surface area contributed by atoms with E-state index in [0.29, 0.717) is 5.92 Å². The second kappa shape index (κ2) is 6.43. The van der Waals surface area contributed by atoms with Crippen molar-refractivity contribution in [1.82, 2.24) is 0 Å². The van der Waals surface area contributed by atoms with E-state index in [4.69, 9.17) is 0 Å². The predicted molar refractivity (Wildman–Crippen MR) is 92.6 cm³/mol. The van der Waals surface area contributed by atoms with Gasteiger partial charge in [0.2, 0.25) is 0 Å². The minimum Gasteiger partial charge on any atom is -0.390 e. The van der Waals surface area contributed by atoms with Gasteiger partial charge >= 0.3 is 0 Å². The maximum absolute atomic E-state index is 10.8. The van der Waals surface area contributed by atoms with E-state index in [0.717, 1.165) is 5.92 Å². The Kier molecular flexibility index (Phi) is 5.34. The van der Waals surface area contributed by atoms with Crippen molar-refractivity contribution in [2.24, 2.45) is 34.5 Å². The fourth-order valence-electron chi connectivity index (χ4n) is 6.00. The third kappa shape index (κ3) is 2.98. The van der Waals surface area contributed by atoms with Crippen molar-refractivity contribution < 1.29 is 10.2 Å². The molecule has 0 aliphatic heterocycles. The molecule has 0 saturated heterocycles. The smallest absolute Gasteiger partial charge is 0.0840 e. The van der Waals surface area contributed by atoms with Crippen molar-refractivity contribution in [2.75, 3.05) is 0 Å². The van der Waals surface area contributed by atoms with Gasteiger partial charge in [0.1, 0.15) is 0 Å². The second-order valence-electron chi connectivity index (χ2n) is 9.36. The number of rotatable bonds is 4. The van der Waals surface area contributed by atoms with E-state index in [1.165, 1.54) is 38.5 Å². The highest BCUT2D eigenvalue weighted by molar-refractivity contribution is 5.08. The van der Waals surface area contributed by atoms with E-state index in [1.54, 1.807) is 0 Å². The van der Waals surface area contributed by atoms with Crippen LogP contribution in [-0.2, 0) is 0 Å². The fourth-order valence-corrected chi connectivity index (χ4v) is 6.00. The molecule has 7 atom stereocenters. The lowest BCUT2D eigenvalue weighted by Gasteiger charge is -2.62. The van der Waals surface area contributed by atoms with Crippen LogP contribution in [-0.4, -0.2) is 22.4 Å². The van der Waals surface area contributed by atoms with Gasteiger partial charge in [0, 0.05) is 0 Å². The fraction of sp³-hybridized carbons (Fsp3) is 1.00. The van der Waals surface area contributed by atoms with Crippen LogP contribution in [0.1, 0.15) is 80.1 Å². The van der Waals surface area contributed by atoms with Crippen LogP contribution in [0.2, 0.25) is 0 Å². The van der Waals surface area contributed by atoms with Gasteiger partial charge in [-0.1, -0.05) is 60.8 Å². The number of hydrogen-bond acceptors (Lipinski definition) is 2. The first-order valence-electron chi connectivity index (χ1n) is 9.51. The molecule has 0 aromatic carbocycles. The summed E-state index contributed by atoms with van der Waals surface area (Å²) in [4.78, 5) is 0. The molecule has 0 aromatic heterocycles. The summed E-state index contributed by atoms with van der Waals surface area (Å²) in [7, 11) is 0. The van der Waals surface area contributed by atoms with Gasteiger partial charge in [-0.15, -0.1) is 0 Å². The molecule has 2 heteroatoms. The molecule has 22 heavy (non-hydrogen) atoms. The molecule has 0 spiro atoms. The van der Waals surface area contributed by atoms with Gasteiger partial charge in [0.25, 0.3) is 0 Å². The van der Waals surface area contributed by atoms with E-state index in [1.807, 2.05) is 0 Å². The highest BCUT2D eigenvalue weighted by Gasteiger charge is 2.59. The Balaban J connectivity index is 2.30. The molecule has 0 radical (unpaired) electrons. The lowest BCUT2D eigenvalue weighted by Crippen LogP contribution is -2.62. The standard InChI is InChI=1S/C20H38O2/c1-7-13(2)9-10-15-14(3)16(21)17(22)18-19(4,5)11-8-12-20(15,18)6/h13-18,21-22H,7-12H2,1-6H3/t13-,14-,15+,16+,17+,18+,20-/m1/s1. The zero-order valence-corrected chi connectivity index (χ0v) is 15.6. The summed E-state index contributed by atoms with van der Waals surface area (Å²) >= 11 is 0. The summed E-state index contributed by atoms with van der Waals surface area (Å²) in [5.74, 6) is 1.72. The van der Waals surface area contributed by atoms with Crippen LogP contribution in [0.15, 0.2) is 0 Å². The third-order valence-electron chi connectivity index (χ3n) is 7.47. The topological polar surface area (TPSA) is 40.5 Å². The Bertz CT molecular complexity index is 378. The molecule has 0 aromatic rings. The number of hydrogen-bond donors (Lipinski definition) is 2. The molecule has 2 aliphatic rings. The predicted octanol–water partition coefficient (Wildman–Crippen LogP) is 4.63. The summed E-state index contributed by atoms with van der Waals surface area (Å²) < 4.78 is 0. The first-order chi connectivity index (χ1) is 10.1. The Morgan fingerprint density at radius 2 is 1.73 bits per heavy atom. The van der Waals surface area contributed by atoms with Crippen LogP contribution < -0.4 is 0 Å². The number of aliphatic hydroxyl groups is 2. The van der Waals surface area contributed by atoms with Gasteiger partial charge in [-0.3, -0.25) is 0 Å². The maximum Gasteiger partial charge on any atom is 0.0840 e. The second-order valence-corrected chi connectivity index (χ2v) is 9.36. The zero-order valence-electron chi connectivity index (χ0n) is 15.6. The molecule has 2 saturated carbocycles. The van der Waals surface area contributed by atoms with Crippen molar-refractivity contribution in [3.8, 4) is 0 Å². The van der Waals surface area contributed by atoms with Crippen LogP contribution in [0.25, 0.3) is 0 Å². The molecule has 0 unspecified atom stereocenters. The van der Waals surface area contributed by atoms with E-state index >= 15 is 0 Å². The van der Waals surface area contributed by atoms with Crippen LogP contribution in [0.3, 0.4) is 0 Å². The first-order valence-corrected chi connectivity index (χ1v) is 9.51. The molecule has 0 heterocycles. The number of aliphatic hydroxyl groups excluding tert-OH is 2. The Hall–Kier alpha value is -0.0800. The van der Waals surface area contributed by atoms with Crippen LogP contribution in [0, 0.1) is 34.5 Å². The van der Waals surface area contributed by atoms with Gasteiger partial charge in [-0.2, -0.15) is 0 Å². The summed E-state index contributed by atoms with van der Waals surface area (Å²) in [5.41, 5.74) is 0.301. The SMILES string of the molecule is CC[C@@H](C)CC[C@H]1[C@@H](C)[C@H](O)[C@H](O)[C@H]2C(C)(C)CCC[C@]12C. The minimum absolute atomic E-state index is 0.127. The normalized spacial score (nSPS) is 46.1. The Morgan fingerprint density at radius 3 is 2.32 bits per heavy atom. The van der Waals surface area contributed by atoms with E-state index in [9.17, 15) is 10.2 Å². The van der Waals surface area contributed by atoms with Crippen molar-refractivity contribution in [3.05, 3.63) is 0 Å². The summed E-state index contributed by atoms with van der Waals surface area (Å²) in [6, 6.07) is 0. The molecule has 2 rings (SSSR count). The largest absolute Gasteiger partial charge is 0.390 e. The summed E-state index contributed by atoms with van der Waals surface area (Å²) in [6.45, 7) is 13.8. The average molecular weight is 311 g/mol. The van der Waals surface area contributed by atoms with Gasteiger partial charge in [0.05, 0.1) is 12.2 Å². The van der Waals surface area contributed by atoms with Gasteiger partial charge in [-0.05, 0) is 53.8 Å². The van der Waals surface area contributed by atoms with Crippen molar-refractivity contribution in [1.29, 1.82) is 0 Å². The van der Waals surface area contributed by atoms with Gasteiger partial charge in [0.15, 0.2) is 0 Å². The summed E-state index contributed by atoms with van der Waals surface area (Å²) in [6.07, 6.45) is 6.20. The van der Waals surface area contributed by atoms with E-state index < -0.39 is 12.2 Å². The molecule has 2 nitrogen and oxygen atoms in total. The Labute approximate surface area is 137 Å². The molecule has 2 N–H and O–H groups in total. The Morgan fingerprint density at radius 1 is 1.09 bits per heavy atom. The lowest BCUT2D eigenvalue weighted by atomic mass is 9.44. The molecule has 0 amide bonds. The molecule has 2 fully saturated rings. The molecule has 130 valence electrons. The maximum atomic E-state index is 10.8. The summed E-state index contributed by atoms with van der Waals surface area (Å²) in [5, 5.41) is 21.5. The molecule has 0 bridgehead atoms. The quantitative estimate of drug-likeness (QED) is 0.794. The van der Waals surface area contributed by atoms with Gasteiger partial charge < -0.3 is 10.2 Å². The van der Waals surface area contributed by atoms with Crippen LogP contribution >= 0.6 is 0 Å². The average Bonchev–Trinajstić information content (AvgIpc) is 2.43. The van der Waals surface area contributed by atoms with E-state index in [2.05, 4.69) is 41.5 Å². The molecule has 2 aliphatic carbocycles. The lowest BCUT2D eigenvalue weighted by molar-refractivity contribution is -0.208. The highest BCUT2D eigenvalue weighted by atomic mass is 16.3. The van der Waals surface area contributed by atoms with Crippen molar-refractivity contribution in [2.45, 2.75) is 92.3 Å². The van der Waals surface area contributed by atoms with Crippen LogP contribution in [0.4, 0.5) is 0 Å². The zero-order chi connectivity index (χ0) is 16.7. The molecular weight excluding hydrogens is 272 g/mol. The highest BCUT2D eigenvalue weighted by Crippen LogP contribution is 2.62. The monoisotopic (exact) mass is 310 g/mol. The van der Waals surface area contributed by atoms with Crippen LogP contribution in [0.5, 0.6) is 0 Å². The van der Waals surface area contributed by atoms with Crippen molar-refractivity contribution >= 4 is 0 Å². The van der Waals surface area contributed by atoms with Gasteiger partial charge in [-0.25, -0.2) is 0 Å². The minimum atomic E-state index is -0.560. The molecular formula is C20H38O2. The first kappa shape index (κ1) is 18.3.